The van der Waals surface area contributed by atoms with Crippen LogP contribution in [0.1, 0.15) is 57.8 Å². The van der Waals surface area contributed by atoms with Crippen LogP contribution in [0.15, 0.2) is 54.6 Å². The van der Waals surface area contributed by atoms with Crippen LogP contribution in [0.3, 0.4) is 0 Å². The van der Waals surface area contributed by atoms with Crippen molar-refractivity contribution in [2.75, 3.05) is 13.7 Å². The number of rotatable bonds is 8. The molecule has 47 heavy (non-hydrogen) atoms. The van der Waals surface area contributed by atoms with E-state index in [9.17, 15) is 19.2 Å². The zero-order valence-electron chi connectivity index (χ0n) is 27.2. The Morgan fingerprint density at radius 2 is 1.66 bits per heavy atom. The predicted octanol–water partition coefficient (Wildman–Crippen LogP) is 5.39. The topological polar surface area (TPSA) is 133 Å². The number of epoxide rings is 1. The number of halogens is 2. The van der Waals surface area contributed by atoms with E-state index in [-0.39, 0.29) is 59.9 Å². The summed E-state index contributed by atoms with van der Waals surface area (Å²) in [6.45, 7) is 7.25. The van der Waals surface area contributed by atoms with Gasteiger partial charge in [0.15, 0.2) is 11.9 Å². The van der Waals surface area contributed by atoms with Crippen molar-refractivity contribution in [3.05, 3.63) is 75.8 Å². The summed E-state index contributed by atoms with van der Waals surface area (Å²) in [5.41, 5.74) is 1.60. The highest BCUT2D eigenvalue weighted by Gasteiger charge is 2.47. The molecule has 2 aromatic rings. The summed E-state index contributed by atoms with van der Waals surface area (Å²) in [4.78, 5) is 53.1. The lowest BCUT2D eigenvalue weighted by Crippen LogP contribution is -2.49. The van der Waals surface area contributed by atoms with E-state index in [1.54, 1.807) is 25.1 Å². The molecule has 0 aromatic heterocycles. The minimum atomic E-state index is -1.14. The van der Waals surface area contributed by atoms with Crippen LogP contribution in [0.4, 0.5) is 0 Å². The summed E-state index contributed by atoms with van der Waals surface area (Å²) >= 11 is 12.6. The number of nitrogens with one attached hydrogen (secondary N) is 2. The maximum atomic E-state index is 13.5. The summed E-state index contributed by atoms with van der Waals surface area (Å²) in [7, 11) is 1.44. The van der Waals surface area contributed by atoms with Crippen molar-refractivity contribution in [3.8, 4) is 5.75 Å². The van der Waals surface area contributed by atoms with Crippen molar-refractivity contribution < 1.29 is 38.1 Å². The summed E-state index contributed by atoms with van der Waals surface area (Å²) in [6.07, 6.45) is 1.20. The van der Waals surface area contributed by atoms with Gasteiger partial charge in [0.25, 0.3) is 0 Å². The highest BCUT2D eigenvalue weighted by Crippen LogP contribution is 2.45. The molecule has 0 saturated carbocycles. The fourth-order valence-corrected chi connectivity index (χ4v) is 6.16. The Hall–Kier alpha value is -3.60. The normalized spacial score (nSPS) is 27.2. The van der Waals surface area contributed by atoms with E-state index in [0.29, 0.717) is 11.3 Å². The minimum absolute atomic E-state index is 0.0235. The van der Waals surface area contributed by atoms with Gasteiger partial charge in [0, 0.05) is 25.3 Å². The maximum absolute atomic E-state index is 13.5. The van der Waals surface area contributed by atoms with Crippen LogP contribution in [0, 0.1) is 17.8 Å². The van der Waals surface area contributed by atoms with Gasteiger partial charge in [0.05, 0.1) is 29.2 Å². The van der Waals surface area contributed by atoms with Gasteiger partial charge in [-0.1, -0.05) is 87.3 Å². The molecule has 10 nitrogen and oxygen atoms in total. The Kier molecular flexibility index (Phi) is 12.7. The molecule has 2 aromatic carbocycles. The predicted molar refractivity (Wildman–Crippen MR) is 177 cm³/mol. The van der Waals surface area contributed by atoms with Crippen molar-refractivity contribution >= 4 is 47.0 Å². The number of ether oxygens (including phenoxy) is 4. The molecule has 12 heteroatoms. The Morgan fingerprint density at radius 3 is 2.30 bits per heavy atom. The van der Waals surface area contributed by atoms with E-state index in [1.165, 1.54) is 13.2 Å². The molecule has 0 spiro atoms. The van der Waals surface area contributed by atoms with Gasteiger partial charge in [-0.05, 0) is 41.7 Å². The highest BCUT2D eigenvalue weighted by atomic mass is 35.5. The van der Waals surface area contributed by atoms with Crippen molar-refractivity contribution in [1.29, 1.82) is 0 Å². The lowest BCUT2D eigenvalue weighted by molar-refractivity contribution is -0.176. The van der Waals surface area contributed by atoms with E-state index in [1.807, 2.05) is 51.1 Å². The van der Waals surface area contributed by atoms with Crippen LogP contribution in [-0.2, 0) is 39.8 Å². The first kappa shape index (κ1) is 36.2. The first-order valence-corrected chi connectivity index (χ1v) is 16.5. The smallest absolute Gasteiger partial charge is 0.347 e. The van der Waals surface area contributed by atoms with E-state index in [2.05, 4.69) is 10.6 Å². The van der Waals surface area contributed by atoms with Crippen LogP contribution >= 0.6 is 23.2 Å². The molecule has 2 aliphatic heterocycles. The largest absolute Gasteiger partial charge is 0.494 e. The lowest BCUT2D eigenvalue weighted by Gasteiger charge is -2.27. The summed E-state index contributed by atoms with van der Waals surface area (Å²) < 4.78 is 22.9. The summed E-state index contributed by atoms with van der Waals surface area (Å²) in [6, 6.07) is 11.9. The van der Waals surface area contributed by atoms with Crippen LogP contribution < -0.4 is 15.4 Å². The molecule has 1 fully saturated rings. The third-order valence-corrected chi connectivity index (χ3v) is 8.75. The Balaban J connectivity index is 1.59. The third-order valence-electron chi connectivity index (χ3n) is 8.19. The molecule has 2 amide bonds. The Bertz CT molecular complexity index is 1440. The number of esters is 2. The molecule has 0 aliphatic carbocycles. The average Bonchev–Trinajstić information content (AvgIpc) is 3.83. The number of carbonyl (C=O) groups is 4. The maximum Gasteiger partial charge on any atom is 0.347 e. The molecular formula is C35H42Cl2N2O8. The number of carbonyl (C=O) groups excluding carboxylic acids is 4. The van der Waals surface area contributed by atoms with Crippen molar-refractivity contribution in [2.45, 2.75) is 77.4 Å². The van der Waals surface area contributed by atoms with Crippen molar-refractivity contribution in [1.82, 2.24) is 10.6 Å². The quantitative estimate of drug-likeness (QED) is 0.279. The second-order valence-electron chi connectivity index (χ2n) is 12.5. The first-order valence-electron chi connectivity index (χ1n) is 15.8. The molecular weight excluding hydrogens is 647 g/mol. The highest BCUT2D eigenvalue weighted by molar-refractivity contribution is 6.37. The Morgan fingerprint density at radius 1 is 0.979 bits per heavy atom. The number of benzene rings is 2. The number of amides is 2. The van der Waals surface area contributed by atoms with E-state index < -0.39 is 47.9 Å². The molecule has 2 N–H and O–H groups in total. The third kappa shape index (κ3) is 9.95. The van der Waals surface area contributed by atoms with Crippen LogP contribution in [0.5, 0.6) is 5.75 Å². The molecule has 1 saturated heterocycles. The molecule has 4 rings (SSSR count). The van der Waals surface area contributed by atoms with Gasteiger partial charge in [-0.15, -0.1) is 0 Å². The number of hydrogen-bond acceptors (Lipinski definition) is 8. The zero-order valence-corrected chi connectivity index (χ0v) is 28.7. The fraction of sp³-hybridized carbons (Fsp3) is 0.486. The summed E-state index contributed by atoms with van der Waals surface area (Å²) in [5.74, 6) is -3.11. The van der Waals surface area contributed by atoms with Gasteiger partial charge < -0.3 is 29.6 Å². The number of cyclic esters (lactones) is 2. The van der Waals surface area contributed by atoms with Gasteiger partial charge in [-0.3, -0.25) is 14.4 Å². The molecule has 0 bridgehead atoms. The molecule has 254 valence electrons. The van der Waals surface area contributed by atoms with Crippen molar-refractivity contribution in [3.63, 3.8) is 0 Å². The zero-order chi connectivity index (χ0) is 34.2. The van der Waals surface area contributed by atoms with Gasteiger partial charge in [-0.2, -0.15) is 0 Å². The average molecular weight is 690 g/mol. The van der Waals surface area contributed by atoms with E-state index in [0.717, 1.165) is 5.56 Å². The molecule has 2 aliphatic rings. The minimum Gasteiger partial charge on any atom is -0.494 e. The number of methoxy groups -OCH3 is 1. The van der Waals surface area contributed by atoms with Crippen LogP contribution in [0.2, 0.25) is 10.0 Å². The monoisotopic (exact) mass is 688 g/mol. The van der Waals surface area contributed by atoms with Gasteiger partial charge in [0.1, 0.15) is 18.2 Å². The molecule has 0 unspecified atom stereocenters. The van der Waals surface area contributed by atoms with Gasteiger partial charge in [-0.25, -0.2) is 4.79 Å². The SMILES string of the molecule is COc1c(Cl)cc(C[C@H]2NC(=O)/C=C/C[C@@H]([C@@H](C)[C@H]3O[C@H]3c3ccccc3)OC(=O)[C@H](CC(C)C)OC(=O)[C@H](C)CNC2=O)cc1Cl. The second-order valence-corrected chi connectivity index (χ2v) is 13.3. The van der Waals surface area contributed by atoms with Gasteiger partial charge in [0.2, 0.25) is 11.8 Å². The second kappa shape index (κ2) is 16.5. The number of hydrogen-bond donors (Lipinski definition) is 2. The Labute approximate surface area is 285 Å². The van der Waals surface area contributed by atoms with Crippen molar-refractivity contribution in [2.24, 2.45) is 17.8 Å². The first-order chi connectivity index (χ1) is 22.4. The van der Waals surface area contributed by atoms with Crippen LogP contribution in [-0.4, -0.2) is 61.8 Å². The summed E-state index contributed by atoms with van der Waals surface area (Å²) in [5, 5.41) is 5.96. The standard InChI is InChI=1S/C35H42Cl2N2O8/c1-19(2)14-28-35(43)45-27(21(4)30-31(47-30)23-10-7-6-8-11-23)12-9-13-29(40)39-26(33(41)38-18-20(3)34(42)46-28)17-22-15-24(36)32(44-5)25(37)16-22/h6-11,13,15-16,19-21,26-28,30-31H,12,14,17-18H2,1-5H3,(H,38,41)(H,39,40)/b13-9+/t20-,21-,26-,27+,28+,30-,31+/m1/s1. The molecule has 2 heterocycles. The molecule has 7 atom stereocenters. The molecule has 0 radical (unpaired) electrons. The van der Waals surface area contributed by atoms with Crippen LogP contribution in [0.25, 0.3) is 0 Å². The fourth-order valence-electron chi connectivity index (χ4n) is 5.48. The van der Waals surface area contributed by atoms with Gasteiger partial charge >= 0.3 is 11.9 Å². The van der Waals surface area contributed by atoms with E-state index >= 15 is 0 Å². The van der Waals surface area contributed by atoms with E-state index in [4.69, 9.17) is 42.1 Å². The lowest BCUT2D eigenvalue weighted by atomic mass is 9.93.